The molecule has 6 nitrogen and oxygen atoms in total. The molecule has 3 N–H and O–H groups in total. The van der Waals surface area contributed by atoms with E-state index in [0.29, 0.717) is 6.54 Å². The van der Waals surface area contributed by atoms with Crippen molar-refractivity contribution in [2.75, 3.05) is 13.2 Å². The topological polar surface area (TPSA) is 89.9 Å². The van der Waals surface area contributed by atoms with Gasteiger partial charge >= 0.3 is 12.0 Å². The minimum absolute atomic E-state index is 0.0399. The van der Waals surface area contributed by atoms with Crippen molar-refractivity contribution < 1.29 is 19.8 Å². The Morgan fingerprint density at radius 3 is 2.25 bits per heavy atom. The molecule has 1 unspecified atom stereocenters. The molecule has 0 spiro atoms. The number of carboxylic acids is 1. The first-order valence-electron chi connectivity index (χ1n) is 5.38. The van der Waals surface area contributed by atoms with E-state index in [2.05, 4.69) is 5.32 Å². The molecule has 0 aliphatic heterocycles. The second-order valence-corrected chi connectivity index (χ2v) is 3.57. The Morgan fingerprint density at radius 1 is 1.38 bits per heavy atom. The average Bonchev–Trinajstić information content (AvgIpc) is 2.25. The number of urea groups is 1. The number of nitrogens with one attached hydrogen (secondary N) is 1. The second-order valence-electron chi connectivity index (χ2n) is 3.57. The van der Waals surface area contributed by atoms with Gasteiger partial charge in [0, 0.05) is 12.6 Å². The van der Waals surface area contributed by atoms with Crippen LogP contribution in [0.2, 0.25) is 0 Å². The number of carbonyl (C=O) groups excluding carboxylic acids is 1. The molecule has 0 aromatic rings. The third-order valence-corrected chi connectivity index (χ3v) is 2.50. The summed E-state index contributed by atoms with van der Waals surface area (Å²) in [6.45, 7) is 5.54. The van der Waals surface area contributed by atoms with Crippen molar-refractivity contribution in [1.82, 2.24) is 10.2 Å². The van der Waals surface area contributed by atoms with Crippen molar-refractivity contribution in [3.8, 4) is 0 Å². The molecule has 0 rings (SSSR count). The van der Waals surface area contributed by atoms with E-state index in [1.165, 1.54) is 4.90 Å². The lowest BCUT2D eigenvalue weighted by Crippen LogP contribution is -2.51. The maximum atomic E-state index is 11.7. The molecule has 0 aliphatic carbocycles. The molecule has 16 heavy (non-hydrogen) atoms. The number of hydrogen-bond acceptors (Lipinski definition) is 3. The van der Waals surface area contributed by atoms with E-state index in [1.54, 1.807) is 0 Å². The monoisotopic (exact) mass is 232 g/mol. The van der Waals surface area contributed by atoms with Crippen LogP contribution in [0.1, 0.15) is 27.2 Å². The Labute approximate surface area is 95.2 Å². The van der Waals surface area contributed by atoms with Gasteiger partial charge in [-0.2, -0.15) is 0 Å². The smallest absolute Gasteiger partial charge is 0.328 e. The van der Waals surface area contributed by atoms with E-state index in [-0.39, 0.29) is 6.04 Å². The Morgan fingerprint density at radius 2 is 1.94 bits per heavy atom. The van der Waals surface area contributed by atoms with Crippen LogP contribution < -0.4 is 5.32 Å². The summed E-state index contributed by atoms with van der Waals surface area (Å²) in [4.78, 5) is 23.8. The van der Waals surface area contributed by atoms with Crippen molar-refractivity contribution in [1.29, 1.82) is 0 Å². The maximum absolute atomic E-state index is 11.7. The molecule has 0 saturated carbocycles. The van der Waals surface area contributed by atoms with E-state index >= 15 is 0 Å². The van der Waals surface area contributed by atoms with Gasteiger partial charge in [0.2, 0.25) is 0 Å². The molecule has 2 atom stereocenters. The molecule has 0 aromatic carbocycles. The molecular weight excluding hydrogens is 212 g/mol. The zero-order valence-corrected chi connectivity index (χ0v) is 9.93. The van der Waals surface area contributed by atoms with Gasteiger partial charge in [-0.15, -0.1) is 0 Å². The lowest BCUT2D eigenvalue weighted by Gasteiger charge is -2.28. The lowest BCUT2D eigenvalue weighted by atomic mass is 10.2. The highest BCUT2D eigenvalue weighted by Gasteiger charge is 2.23. The van der Waals surface area contributed by atoms with Gasteiger partial charge in [0.15, 0.2) is 6.04 Å². The number of hydrogen-bond donors (Lipinski definition) is 3. The molecule has 0 saturated heterocycles. The molecular formula is C10H20N2O4. The Hall–Kier alpha value is -1.30. The van der Waals surface area contributed by atoms with Gasteiger partial charge in [-0.1, -0.05) is 6.92 Å². The summed E-state index contributed by atoms with van der Waals surface area (Å²) in [5, 5.41) is 19.7. The van der Waals surface area contributed by atoms with Gasteiger partial charge in [0.05, 0.1) is 6.61 Å². The molecule has 2 amide bonds. The highest BCUT2D eigenvalue weighted by Crippen LogP contribution is 2.03. The first kappa shape index (κ1) is 14.7. The van der Waals surface area contributed by atoms with Gasteiger partial charge in [0.25, 0.3) is 0 Å². The van der Waals surface area contributed by atoms with Crippen molar-refractivity contribution in [3.63, 3.8) is 0 Å². The van der Waals surface area contributed by atoms with Crippen molar-refractivity contribution >= 4 is 12.0 Å². The number of carboxylic acid groups (broad SMARTS) is 1. The van der Waals surface area contributed by atoms with Crippen molar-refractivity contribution in [3.05, 3.63) is 0 Å². The summed E-state index contributed by atoms with van der Waals surface area (Å²) in [5.74, 6) is -1.24. The second kappa shape index (κ2) is 7.05. The quantitative estimate of drug-likeness (QED) is 0.613. The van der Waals surface area contributed by atoms with Crippen LogP contribution in [0.25, 0.3) is 0 Å². The van der Waals surface area contributed by atoms with E-state index in [1.807, 2.05) is 20.8 Å². The van der Waals surface area contributed by atoms with Crippen LogP contribution in [0.15, 0.2) is 0 Å². The summed E-state index contributed by atoms with van der Waals surface area (Å²) < 4.78 is 0. The van der Waals surface area contributed by atoms with Crippen molar-refractivity contribution in [2.24, 2.45) is 0 Å². The number of aliphatic hydroxyl groups is 1. The summed E-state index contributed by atoms with van der Waals surface area (Å²) >= 11 is 0. The third kappa shape index (κ3) is 4.06. The summed E-state index contributed by atoms with van der Waals surface area (Å²) in [6, 6.07) is -1.66. The van der Waals surface area contributed by atoms with Crippen LogP contribution in [0.5, 0.6) is 0 Å². The number of amides is 2. The normalized spacial score (nSPS) is 14.0. The zero-order chi connectivity index (χ0) is 12.7. The minimum Gasteiger partial charge on any atom is -0.480 e. The molecule has 0 radical (unpaired) electrons. The van der Waals surface area contributed by atoms with Crippen LogP contribution in [0.3, 0.4) is 0 Å². The largest absolute Gasteiger partial charge is 0.480 e. The summed E-state index contributed by atoms with van der Waals surface area (Å²) in [5.41, 5.74) is 0. The molecule has 94 valence electrons. The molecule has 0 aromatic heterocycles. The van der Waals surface area contributed by atoms with Gasteiger partial charge < -0.3 is 20.4 Å². The van der Waals surface area contributed by atoms with Crippen LogP contribution in [-0.2, 0) is 4.79 Å². The van der Waals surface area contributed by atoms with E-state index in [9.17, 15) is 9.59 Å². The number of aliphatic hydroxyl groups excluding tert-OH is 1. The fourth-order valence-electron chi connectivity index (χ4n) is 1.29. The van der Waals surface area contributed by atoms with E-state index in [0.717, 1.165) is 6.42 Å². The molecule has 6 heteroatoms. The number of nitrogens with zero attached hydrogens (tertiary/aromatic N) is 1. The number of carbonyl (C=O) groups is 2. The Bertz CT molecular complexity index is 245. The molecule has 0 heterocycles. The van der Waals surface area contributed by atoms with Crippen LogP contribution in [0, 0.1) is 0 Å². The first-order chi connectivity index (χ1) is 7.47. The fraction of sp³-hybridized carbons (Fsp3) is 0.800. The highest BCUT2D eigenvalue weighted by atomic mass is 16.4. The number of rotatable bonds is 6. The lowest BCUT2D eigenvalue weighted by molar-refractivity contribution is -0.140. The Balaban J connectivity index is 4.46. The summed E-state index contributed by atoms with van der Waals surface area (Å²) in [6.07, 6.45) is 0.790. The molecule has 0 aliphatic rings. The zero-order valence-electron chi connectivity index (χ0n) is 9.93. The maximum Gasteiger partial charge on any atom is 0.328 e. The van der Waals surface area contributed by atoms with Gasteiger partial charge in [0.1, 0.15) is 0 Å². The minimum atomic E-state index is -1.24. The SMILES string of the molecule is CCC(C)N(CC)C(=O)N[C@H](CO)C(=O)O. The highest BCUT2D eigenvalue weighted by molar-refractivity contribution is 5.82. The van der Waals surface area contributed by atoms with E-state index in [4.69, 9.17) is 10.2 Å². The van der Waals surface area contributed by atoms with Gasteiger partial charge in [-0.25, -0.2) is 9.59 Å². The molecule has 0 bridgehead atoms. The van der Waals surface area contributed by atoms with Gasteiger partial charge in [-0.3, -0.25) is 0 Å². The van der Waals surface area contributed by atoms with Crippen molar-refractivity contribution in [2.45, 2.75) is 39.3 Å². The molecule has 0 fully saturated rings. The summed E-state index contributed by atoms with van der Waals surface area (Å²) in [7, 11) is 0. The first-order valence-corrected chi connectivity index (χ1v) is 5.38. The van der Waals surface area contributed by atoms with Gasteiger partial charge in [-0.05, 0) is 20.3 Å². The predicted octanol–water partition coefficient (Wildman–Crippen LogP) is 0.262. The Kier molecular flexibility index (Phi) is 6.48. The van der Waals surface area contributed by atoms with Crippen LogP contribution in [0.4, 0.5) is 4.79 Å². The number of aliphatic carboxylic acids is 1. The fourth-order valence-corrected chi connectivity index (χ4v) is 1.29. The van der Waals surface area contributed by atoms with Crippen LogP contribution in [-0.4, -0.2) is 52.3 Å². The van der Waals surface area contributed by atoms with E-state index < -0.39 is 24.6 Å². The predicted molar refractivity (Wildman–Crippen MR) is 59.2 cm³/mol. The standard InChI is InChI=1S/C10H20N2O4/c1-4-7(3)12(5-2)10(16)11-8(6-13)9(14)15/h7-8,13H,4-6H2,1-3H3,(H,11,16)(H,14,15)/t7?,8-/m1/s1. The van der Waals surface area contributed by atoms with Crippen LogP contribution >= 0.6 is 0 Å². The average molecular weight is 232 g/mol. The third-order valence-electron chi connectivity index (χ3n) is 2.50.